The van der Waals surface area contributed by atoms with E-state index in [0.717, 1.165) is 31.5 Å². The van der Waals surface area contributed by atoms with Gasteiger partial charge < -0.3 is 19.5 Å². The second-order valence-electron chi connectivity index (χ2n) is 6.92. The van der Waals surface area contributed by atoms with Crippen LogP contribution in [0.5, 0.6) is 11.5 Å². The van der Waals surface area contributed by atoms with Crippen LogP contribution >= 0.6 is 11.3 Å². The molecule has 3 aliphatic rings. The molecular weight excluding hydrogens is 390 g/mol. The van der Waals surface area contributed by atoms with Gasteiger partial charge in [0.2, 0.25) is 0 Å². The lowest BCUT2D eigenvalue weighted by Crippen LogP contribution is -2.37. The first-order chi connectivity index (χ1) is 14.1. The summed E-state index contributed by atoms with van der Waals surface area (Å²) in [5.41, 5.74) is 2.41. The number of carbonyl (C=O) groups is 1. The van der Waals surface area contributed by atoms with Crippen molar-refractivity contribution in [3.05, 3.63) is 34.9 Å². The summed E-state index contributed by atoms with van der Waals surface area (Å²) in [4.78, 5) is 17.9. The first kappa shape index (κ1) is 19.3. The van der Waals surface area contributed by atoms with E-state index in [-0.39, 0.29) is 0 Å². The Balaban J connectivity index is 1.70. The standard InChI is InChI=1S/C21H21N3O4S/c1-2-27-16-5-3-4-14(19(16)28-12-17(25)26)11-23-20-15(10-22)18-13-6-8-24(9-7-13)21(18)29-20/h3-5,11,13H,2,6-9,12H2,1H3,(H,25,26)/b23-11+. The zero-order chi connectivity index (χ0) is 20.4. The molecule has 7 nitrogen and oxygen atoms in total. The lowest BCUT2D eigenvalue weighted by molar-refractivity contribution is -0.139. The second kappa shape index (κ2) is 8.13. The Hall–Kier alpha value is -3.05. The van der Waals surface area contributed by atoms with Crippen molar-refractivity contribution < 1.29 is 19.4 Å². The molecule has 0 unspecified atom stereocenters. The Morgan fingerprint density at radius 3 is 2.90 bits per heavy atom. The maximum absolute atomic E-state index is 11.0. The Morgan fingerprint density at radius 1 is 1.41 bits per heavy atom. The Morgan fingerprint density at radius 2 is 2.21 bits per heavy atom. The van der Waals surface area contributed by atoms with Gasteiger partial charge in [-0.1, -0.05) is 17.4 Å². The zero-order valence-corrected chi connectivity index (χ0v) is 16.9. The van der Waals surface area contributed by atoms with Gasteiger partial charge in [0.25, 0.3) is 0 Å². The highest BCUT2D eigenvalue weighted by atomic mass is 32.1. The minimum atomic E-state index is -1.07. The number of hydrogen-bond donors (Lipinski definition) is 1. The molecule has 0 atom stereocenters. The number of nitriles is 1. The molecule has 0 spiro atoms. The SMILES string of the molecule is CCOc1cccc(/C=N/c2sc3c(c2C#N)C2CCN3CC2)c1OCC(=O)O. The summed E-state index contributed by atoms with van der Waals surface area (Å²) >= 11 is 1.55. The monoisotopic (exact) mass is 411 g/mol. The van der Waals surface area contributed by atoms with E-state index in [4.69, 9.17) is 14.6 Å². The van der Waals surface area contributed by atoms with Crippen LogP contribution in [0, 0.1) is 11.3 Å². The number of nitrogens with zero attached hydrogens (tertiary/aromatic N) is 3. The molecule has 2 aromatic rings. The van der Waals surface area contributed by atoms with Gasteiger partial charge in [-0.2, -0.15) is 5.26 Å². The van der Waals surface area contributed by atoms with Crippen molar-refractivity contribution in [2.75, 3.05) is 31.2 Å². The lowest BCUT2D eigenvalue weighted by atomic mass is 9.84. The van der Waals surface area contributed by atoms with Gasteiger partial charge in [0, 0.05) is 30.4 Å². The van der Waals surface area contributed by atoms with E-state index in [1.54, 1.807) is 35.8 Å². The van der Waals surface area contributed by atoms with Crippen molar-refractivity contribution in [3.8, 4) is 17.6 Å². The average Bonchev–Trinajstić information content (AvgIpc) is 3.13. The quantitative estimate of drug-likeness (QED) is 0.694. The Kier molecular flexibility index (Phi) is 5.41. The molecule has 0 amide bonds. The third-order valence-corrected chi connectivity index (χ3v) is 6.35. The van der Waals surface area contributed by atoms with Gasteiger partial charge in [0.15, 0.2) is 18.1 Å². The predicted octanol–water partition coefficient (Wildman–Crippen LogP) is 3.93. The number of thiophene rings is 1. The summed E-state index contributed by atoms with van der Waals surface area (Å²) in [6.45, 7) is 3.88. The van der Waals surface area contributed by atoms with Gasteiger partial charge in [-0.05, 0) is 37.8 Å². The van der Waals surface area contributed by atoms with Crippen molar-refractivity contribution in [1.29, 1.82) is 5.26 Å². The highest BCUT2D eigenvalue weighted by Gasteiger charge is 2.36. The summed E-state index contributed by atoms with van der Waals surface area (Å²) in [6, 6.07) is 7.67. The molecule has 2 bridgehead atoms. The number of piperidine rings is 1. The van der Waals surface area contributed by atoms with Crippen molar-refractivity contribution in [2.45, 2.75) is 25.7 Å². The molecule has 4 heterocycles. The van der Waals surface area contributed by atoms with Crippen LogP contribution in [0.2, 0.25) is 0 Å². The van der Waals surface area contributed by atoms with Crippen molar-refractivity contribution in [3.63, 3.8) is 0 Å². The molecule has 0 saturated carbocycles. The Labute approximate surface area is 172 Å². The molecule has 1 saturated heterocycles. The van der Waals surface area contributed by atoms with Crippen LogP contribution in [0.4, 0.5) is 10.0 Å². The van der Waals surface area contributed by atoms with Crippen LogP contribution in [0.1, 0.15) is 42.4 Å². The summed E-state index contributed by atoms with van der Waals surface area (Å²) < 4.78 is 11.0. The Bertz CT molecular complexity index is 1000. The largest absolute Gasteiger partial charge is 0.490 e. The molecule has 0 radical (unpaired) electrons. The number of ether oxygens (including phenoxy) is 2. The van der Waals surface area contributed by atoms with Crippen LogP contribution in [0.3, 0.4) is 0 Å². The smallest absolute Gasteiger partial charge is 0.341 e. The summed E-state index contributed by atoms with van der Waals surface area (Å²) in [6.07, 6.45) is 3.80. The first-order valence-electron chi connectivity index (χ1n) is 9.58. The van der Waals surface area contributed by atoms with E-state index in [1.807, 2.05) is 6.92 Å². The minimum absolute atomic E-state index is 0.337. The molecule has 29 heavy (non-hydrogen) atoms. The van der Waals surface area contributed by atoms with E-state index in [9.17, 15) is 10.1 Å². The van der Waals surface area contributed by atoms with E-state index in [0.29, 0.717) is 40.2 Å². The number of rotatable bonds is 7. The molecule has 1 fully saturated rings. The van der Waals surface area contributed by atoms with Gasteiger partial charge >= 0.3 is 5.97 Å². The van der Waals surface area contributed by atoms with Crippen LogP contribution in [-0.4, -0.2) is 43.6 Å². The third kappa shape index (κ3) is 3.66. The van der Waals surface area contributed by atoms with E-state index < -0.39 is 12.6 Å². The molecule has 1 aromatic carbocycles. The fourth-order valence-corrected chi connectivity index (χ4v) is 5.16. The van der Waals surface area contributed by atoms with Gasteiger partial charge in [-0.15, -0.1) is 0 Å². The minimum Gasteiger partial charge on any atom is -0.490 e. The van der Waals surface area contributed by atoms with Crippen molar-refractivity contribution in [1.82, 2.24) is 0 Å². The molecule has 0 aliphatic carbocycles. The van der Waals surface area contributed by atoms with Crippen LogP contribution in [0.15, 0.2) is 23.2 Å². The van der Waals surface area contributed by atoms with Crippen LogP contribution in [-0.2, 0) is 4.79 Å². The number of fused-ring (bicyclic) bond motifs is 2. The van der Waals surface area contributed by atoms with E-state index in [2.05, 4.69) is 16.0 Å². The number of carboxylic acid groups (broad SMARTS) is 1. The second-order valence-corrected chi connectivity index (χ2v) is 7.90. The maximum atomic E-state index is 11.0. The molecule has 150 valence electrons. The highest BCUT2D eigenvalue weighted by Crippen LogP contribution is 2.52. The third-order valence-electron chi connectivity index (χ3n) is 5.18. The molecule has 1 N–H and O–H groups in total. The highest BCUT2D eigenvalue weighted by molar-refractivity contribution is 7.20. The summed E-state index contributed by atoms with van der Waals surface area (Å²) in [5, 5.41) is 20.6. The number of hydrogen-bond acceptors (Lipinski definition) is 7. The van der Waals surface area contributed by atoms with E-state index in [1.165, 1.54) is 5.00 Å². The van der Waals surface area contributed by atoms with Gasteiger partial charge in [-0.3, -0.25) is 0 Å². The zero-order valence-electron chi connectivity index (χ0n) is 16.1. The summed E-state index contributed by atoms with van der Waals surface area (Å²) in [5.74, 6) is 0.180. The van der Waals surface area contributed by atoms with Gasteiger partial charge in [-0.25, -0.2) is 9.79 Å². The molecular formula is C21H21N3O4S. The number of anilines is 1. The van der Waals surface area contributed by atoms with Gasteiger partial charge in [0.1, 0.15) is 11.1 Å². The lowest BCUT2D eigenvalue weighted by Gasteiger charge is -2.39. The van der Waals surface area contributed by atoms with Gasteiger partial charge in [0.05, 0.1) is 17.2 Å². The molecule has 8 heteroatoms. The number of aliphatic imine (C=N–C) groups is 1. The fourth-order valence-electron chi connectivity index (χ4n) is 3.92. The van der Waals surface area contributed by atoms with Crippen LogP contribution < -0.4 is 14.4 Å². The van der Waals surface area contributed by atoms with E-state index >= 15 is 0 Å². The van der Waals surface area contributed by atoms with Crippen molar-refractivity contribution in [2.24, 2.45) is 4.99 Å². The number of aliphatic carboxylic acids is 1. The van der Waals surface area contributed by atoms with Crippen LogP contribution in [0.25, 0.3) is 0 Å². The predicted molar refractivity (Wildman–Crippen MR) is 111 cm³/mol. The summed E-state index contributed by atoms with van der Waals surface area (Å²) in [7, 11) is 0. The van der Waals surface area contributed by atoms with Crippen molar-refractivity contribution >= 4 is 33.5 Å². The topological polar surface area (TPSA) is 95.1 Å². The number of carboxylic acids is 1. The average molecular weight is 411 g/mol. The first-order valence-corrected chi connectivity index (χ1v) is 10.4. The molecule has 1 aromatic heterocycles. The fraction of sp³-hybridized carbons (Fsp3) is 0.381. The molecule has 3 aliphatic heterocycles. The normalized spacial score (nSPS) is 15.4. The number of para-hydroxylation sites is 1. The number of benzene rings is 1. The maximum Gasteiger partial charge on any atom is 0.341 e. The molecule has 5 rings (SSSR count).